The summed E-state index contributed by atoms with van der Waals surface area (Å²) in [6, 6.07) is 21.4. The highest BCUT2D eigenvalue weighted by Crippen LogP contribution is 2.33. The van der Waals surface area contributed by atoms with E-state index in [-0.39, 0.29) is 35.0 Å². The number of rotatable bonds is 5. The molecule has 2 heterocycles. The Kier molecular flexibility index (Phi) is 5.04. The van der Waals surface area contributed by atoms with E-state index >= 15 is 0 Å². The minimum absolute atomic E-state index is 0.0481. The molecule has 0 saturated heterocycles. The Morgan fingerprint density at radius 2 is 1.69 bits per heavy atom. The van der Waals surface area contributed by atoms with Gasteiger partial charge in [0, 0.05) is 16.0 Å². The molecular formula is C26H17ClO5. The number of ketones is 1. The SMILES string of the molecule is Cc1cc2oc(-c3ccccc3)c(OCC(=O)c3cc4ccccc4o3)c(=O)c2cc1Cl. The molecule has 6 heteroatoms. The normalized spacial score (nSPS) is 11.2. The lowest BCUT2D eigenvalue weighted by Crippen LogP contribution is -2.16. The third-order valence-electron chi connectivity index (χ3n) is 5.21. The number of Topliss-reactive ketones (excluding diaryl/α,β-unsaturated/α-hetero) is 1. The van der Waals surface area contributed by atoms with Gasteiger partial charge in [-0.25, -0.2) is 0 Å². The molecule has 32 heavy (non-hydrogen) atoms. The number of benzene rings is 3. The van der Waals surface area contributed by atoms with Crippen LogP contribution in [0.5, 0.6) is 5.75 Å². The quantitative estimate of drug-likeness (QED) is 0.292. The lowest BCUT2D eigenvalue weighted by molar-refractivity contribution is 0.0894. The van der Waals surface area contributed by atoms with Crippen LogP contribution in [0.2, 0.25) is 5.02 Å². The highest BCUT2D eigenvalue weighted by Gasteiger charge is 2.21. The van der Waals surface area contributed by atoms with Crippen LogP contribution in [0.3, 0.4) is 0 Å². The first kappa shape index (κ1) is 20.1. The molecule has 0 N–H and O–H groups in total. The molecule has 5 rings (SSSR count). The minimum Gasteiger partial charge on any atom is -0.478 e. The van der Waals surface area contributed by atoms with Crippen LogP contribution in [0.4, 0.5) is 0 Å². The van der Waals surface area contributed by atoms with Gasteiger partial charge in [0.2, 0.25) is 17.0 Å². The van der Waals surface area contributed by atoms with Gasteiger partial charge in [-0.05, 0) is 36.8 Å². The Labute approximate surface area is 187 Å². The molecule has 5 nitrogen and oxygen atoms in total. The number of halogens is 1. The van der Waals surface area contributed by atoms with Crippen molar-refractivity contribution in [2.75, 3.05) is 6.61 Å². The molecule has 0 spiro atoms. The van der Waals surface area contributed by atoms with Gasteiger partial charge in [0.25, 0.3) is 0 Å². The number of ether oxygens (including phenoxy) is 1. The summed E-state index contributed by atoms with van der Waals surface area (Å²) in [6.45, 7) is 1.45. The molecule has 0 unspecified atom stereocenters. The molecule has 0 amide bonds. The average Bonchev–Trinajstić information content (AvgIpc) is 3.25. The maximum atomic E-state index is 13.3. The predicted molar refractivity (Wildman–Crippen MR) is 124 cm³/mol. The Morgan fingerprint density at radius 3 is 2.47 bits per heavy atom. The molecule has 0 aliphatic carbocycles. The van der Waals surface area contributed by atoms with Crippen LogP contribution in [0.1, 0.15) is 16.1 Å². The van der Waals surface area contributed by atoms with Crippen molar-refractivity contribution in [2.45, 2.75) is 6.92 Å². The van der Waals surface area contributed by atoms with E-state index in [2.05, 4.69) is 0 Å². The summed E-state index contributed by atoms with van der Waals surface area (Å²) in [7, 11) is 0. The number of hydrogen-bond donors (Lipinski definition) is 0. The van der Waals surface area contributed by atoms with Crippen molar-refractivity contribution < 1.29 is 18.4 Å². The third-order valence-corrected chi connectivity index (χ3v) is 5.62. The van der Waals surface area contributed by atoms with Crippen LogP contribution in [0, 0.1) is 6.92 Å². The van der Waals surface area contributed by atoms with Gasteiger partial charge in [0.05, 0.1) is 5.39 Å². The van der Waals surface area contributed by atoms with E-state index in [0.29, 0.717) is 21.8 Å². The van der Waals surface area contributed by atoms with Crippen LogP contribution in [-0.2, 0) is 0 Å². The first-order valence-electron chi connectivity index (χ1n) is 9.98. The summed E-state index contributed by atoms with van der Waals surface area (Å²) in [5, 5.41) is 1.55. The van der Waals surface area contributed by atoms with E-state index in [9.17, 15) is 9.59 Å². The van der Waals surface area contributed by atoms with Gasteiger partial charge in [-0.3, -0.25) is 9.59 Å². The molecule has 0 bridgehead atoms. The summed E-state index contributed by atoms with van der Waals surface area (Å²) in [6.07, 6.45) is 0. The largest absolute Gasteiger partial charge is 0.478 e. The fraction of sp³-hybridized carbons (Fsp3) is 0.0769. The number of furan rings is 1. The van der Waals surface area contributed by atoms with Crippen LogP contribution in [0.25, 0.3) is 33.3 Å². The molecule has 0 saturated carbocycles. The van der Waals surface area contributed by atoms with Gasteiger partial charge < -0.3 is 13.6 Å². The molecule has 3 aromatic carbocycles. The van der Waals surface area contributed by atoms with Gasteiger partial charge in [0.1, 0.15) is 11.2 Å². The van der Waals surface area contributed by atoms with Crippen molar-refractivity contribution in [2.24, 2.45) is 0 Å². The topological polar surface area (TPSA) is 69.7 Å². The molecule has 158 valence electrons. The fourth-order valence-electron chi connectivity index (χ4n) is 3.54. The molecule has 0 atom stereocenters. The van der Waals surface area contributed by atoms with Crippen molar-refractivity contribution in [1.29, 1.82) is 0 Å². The maximum Gasteiger partial charge on any atom is 0.235 e. The molecule has 0 aliphatic heterocycles. The van der Waals surface area contributed by atoms with Crippen molar-refractivity contribution in [3.05, 3.63) is 99.4 Å². The maximum absolute atomic E-state index is 13.3. The standard InChI is InChI=1S/C26H17ClO5/c1-15-11-22-18(13-19(15)27)24(29)26(25(32-22)16-7-3-2-4-8-16)30-14-20(28)23-12-17-9-5-6-10-21(17)31-23/h2-13H,14H2,1H3. The van der Waals surface area contributed by atoms with Crippen LogP contribution in [0.15, 0.2) is 86.4 Å². The van der Waals surface area contributed by atoms with Crippen LogP contribution in [-0.4, -0.2) is 12.4 Å². The number of aryl methyl sites for hydroxylation is 1. The first-order chi connectivity index (χ1) is 15.5. The van der Waals surface area contributed by atoms with Crippen molar-refractivity contribution in [1.82, 2.24) is 0 Å². The Hall–Kier alpha value is -3.83. The number of para-hydroxylation sites is 1. The minimum atomic E-state index is -0.399. The predicted octanol–water partition coefficient (Wildman–Crippen LogP) is 6.43. The summed E-state index contributed by atoms with van der Waals surface area (Å²) < 4.78 is 17.4. The van der Waals surface area contributed by atoms with Crippen molar-refractivity contribution in [3.8, 4) is 17.1 Å². The fourth-order valence-corrected chi connectivity index (χ4v) is 3.70. The number of hydrogen-bond acceptors (Lipinski definition) is 5. The Morgan fingerprint density at radius 1 is 0.938 bits per heavy atom. The molecular weight excluding hydrogens is 428 g/mol. The van der Waals surface area contributed by atoms with E-state index < -0.39 is 5.43 Å². The zero-order valence-corrected chi connectivity index (χ0v) is 17.8. The van der Waals surface area contributed by atoms with Gasteiger partial charge in [0.15, 0.2) is 18.1 Å². The summed E-state index contributed by atoms with van der Waals surface area (Å²) >= 11 is 6.23. The molecule has 0 fully saturated rings. The number of fused-ring (bicyclic) bond motifs is 2. The van der Waals surface area contributed by atoms with E-state index in [1.165, 1.54) is 0 Å². The highest BCUT2D eigenvalue weighted by atomic mass is 35.5. The number of carbonyl (C=O) groups excluding carboxylic acids is 1. The zero-order valence-electron chi connectivity index (χ0n) is 17.1. The van der Waals surface area contributed by atoms with Crippen LogP contribution >= 0.6 is 11.6 Å². The van der Waals surface area contributed by atoms with Crippen molar-refractivity contribution in [3.63, 3.8) is 0 Å². The average molecular weight is 445 g/mol. The Bertz CT molecular complexity index is 1500. The zero-order chi connectivity index (χ0) is 22.2. The van der Waals surface area contributed by atoms with E-state index in [0.717, 1.165) is 10.9 Å². The molecule has 0 radical (unpaired) electrons. The van der Waals surface area contributed by atoms with Gasteiger partial charge in [-0.2, -0.15) is 0 Å². The molecule has 5 aromatic rings. The smallest absolute Gasteiger partial charge is 0.235 e. The first-order valence-corrected chi connectivity index (χ1v) is 10.4. The molecule has 0 aliphatic rings. The van der Waals surface area contributed by atoms with Crippen molar-refractivity contribution >= 4 is 39.3 Å². The van der Waals surface area contributed by atoms with Crippen LogP contribution < -0.4 is 10.2 Å². The van der Waals surface area contributed by atoms with E-state index in [4.69, 9.17) is 25.2 Å². The second-order valence-corrected chi connectivity index (χ2v) is 7.82. The molecule has 2 aromatic heterocycles. The lowest BCUT2D eigenvalue weighted by atomic mass is 10.1. The summed E-state index contributed by atoms with van der Waals surface area (Å²) in [5.41, 5.74) is 2.05. The highest BCUT2D eigenvalue weighted by molar-refractivity contribution is 6.32. The monoisotopic (exact) mass is 444 g/mol. The lowest BCUT2D eigenvalue weighted by Gasteiger charge is -2.12. The van der Waals surface area contributed by atoms with Gasteiger partial charge in [-0.15, -0.1) is 0 Å². The second-order valence-electron chi connectivity index (χ2n) is 7.41. The third kappa shape index (κ3) is 3.57. The number of carbonyl (C=O) groups is 1. The van der Waals surface area contributed by atoms with E-state index in [1.807, 2.05) is 43.3 Å². The summed E-state index contributed by atoms with van der Waals surface area (Å²) in [5.74, 6) is -0.0201. The Balaban J connectivity index is 1.57. The van der Waals surface area contributed by atoms with Gasteiger partial charge in [-0.1, -0.05) is 60.1 Å². The summed E-state index contributed by atoms with van der Waals surface area (Å²) in [4.78, 5) is 26.0. The second kappa shape index (κ2) is 8.02. The van der Waals surface area contributed by atoms with E-state index in [1.54, 1.807) is 36.4 Å². The van der Waals surface area contributed by atoms with Gasteiger partial charge >= 0.3 is 0 Å².